The summed E-state index contributed by atoms with van der Waals surface area (Å²) in [5.74, 6) is -0.263. The molecule has 6 nitrogen and oxygen atoms in total. The highest BCUT2D eigenvalue weighted by molar-refractivity contribution is 6.11. The van der Waals surface area contributed by atoms with Crippen LogP contribution < -0.4 is 5.32 Å². The maximum Gasteiger partial charge on any atom is 0.276 e. The number of amides is 1. The Bertz CT molecular complexity index is 992. The third kappa shape index (κ3) is 2.07. The number of carbonyl (C=O) groups excluding carboxylic acids is 1. The number of rotatable bonds is 2. The average Bonchev–Trinajstić information content (AvgIpc) is 2.99. The zero-order valence-corrected chi connectivity index (χ0v) is 11.4. The largest absolute Gasteiger partial charge is 0.320 e. The van der Waals surface area contributed by atoms with Crippen LogP contribution >= 0.6 is 0 Å². The van der Waals surface area contributed by atoms with Gasteiger partial charge in [0.1, 0.15) is 0 Å². The predicted molar refractivity (Wildman–Crippen MR) is 83.6 cm³/mol. The van der Waals surface area contributed by atoms with Crippen molar-refractivity contribution in [1.82, 2.24) is 20.2 Å². The molecule has 2 heterocycles. The van der Waals surface area contributed by atoms with Crippen LogP contribution in [0.4, 0.5) is 5.69 Å². The number of nitrogens with zero attached hydrogens (tertiary/aromatic N) is 3. The molecule has 0 aliphatic rings. The summed E-state index contributed by atoms with van der Waals surface area (Å²) in [6.45, 7) is 0. The van der Waals surface area contributed by atoms with Crippen molar-refractivity contribution in [3.63, 3.8) is 0 Å². The zero-order valence-electron chi connectivity index (χ0n) is 11.4. The Hall–Kier alpha value is -3.28. The van der Waals surface area contributed by atoms with E-state index in [1.807, 2.05) is 30.3 Å². The average molecular weight is 289 g/mol. The molecule has 0 spiro atoms. The number of hydrogen-bond donors (Lipinski definition) is 2. The van der Waals surface area contributed by atoms with Gasteiger partial charge >= 0.3 is 0 Å². The number of hydrogen-bond acceptors (Lipinski definition) is 4. The van der Waals surface area contributed by atoms with Crippen molar-refractivity contribution < 1.29 is 4.79 Å². The number of H-pyrrole nitrogens is 1. The SMILES string of the molecule is O=C(Nc1ccc2nccnc2c1)c1n[nH]c2ccccc12. The Kier molecular flexibility index (Phi) is 2.79. The van der Waals surface area contributed by atoms with E-state index < -0.39 is 0 Å². The van der Waals surface area contributed by atoms with E-state index in [4.69, 9.17) is 0 Å². The quantitative estimate of drug-likeness (QED) is 0.594. The second-order valence-electron chi connectivity index (χ2n) is 4.83. The summed E-state index contributed by atoms with van der Waals surface area (Å²) in [4.78, 5) is 20.8. The van der Waals surface area contributed by atoms with Crippen LogP contribution in [0.1, 0.15) is 10.5 Å². The molecule has 0 saturated carbocycles. The van der Waals surface area contributed by atoms with Crippen molar-refractivity contribution in [2.45, 2.75) is 0 Å². The first-order valence-electron chi connectivity index (χ1n) is 6.76. The van der Waals surface area contributed by atoms with Crippen LogP contribution in [0.3, 0.4) is 0 Å². The van der Waals surface area contributed by atoms with Crippen molar-refractivity contribution >= 4 is 33.5 Å². The lowest BCUT2D eigenvalue weighted by molar-refractivity contribution is 0.102. The molecule has 0 fully saturated rings. The van der Waals surface area contributed by atoms with Gasteiger partial charge in [0.25, 0.3) is 5.91 Å². The molecule has 0 unspecified atom stereocenters. The van der Waals surface area contributed by atoms with Crippen LogP contribution in [-0.4, -0.2) is 26.1 Å². The van der Waals surface area contributed by atoms with E-state index in [1.54, 1.807) is 24.5 Å². The second kappa shape index (κ2) is 4.92. The van der Waals surface area contributed by atoms with Gasteiger partial charge in [-0.05, 0) is 24.3 Å². The van der Waals surface area contributed by atoms with E-state index in [0.29, 0.717) is 11.4 Å². The van der Waals surface area contributed by atoms with Gasteiger partial charge in [0.2, 0.25) is 0 Å². The van der Waals surface area contributed by atoms with Gasteiger partial charge in [-0.2, -0.15) is 5.10 Å². The number of anilines is 1. The Balaban J connectivity index is 1.68. The van der Waals surface area contributed by atoms with Crippen LogP contribution in [0.25, 0.3) is 21.9 Å². The maximum absolute atomic E-state index is 12.4. The molecular weight excluding hydrogens is 278 g/mol. The van der Waals surface area contributed by atoms with Crippen LogP contribution in [0.2, 0.25) is 0 Å². The first kappa shape index (κ1) is 12.5. The number of para-hydroxylation sites is 1. The molecule has 2 aromatic heterocycles. The van der Waals surface area contributed by atoms with E-state index in [-0.39, 0.29) is 5.91 Å². The molecule has 0 radical (unpaired) electrons. The van der Waals surface area contributed by atoms with Gasteiger partial charge in [-0.15, -0.1) is 0 Å². The van der Waals surface area contributed by atoms with Crippen molar-refractivity contribution in [2.75, 3.05) is 5.32 Å². The summed E-state index contributed by atoms with van der Waals surface area (Å²) in [6.07, 6.45) is 3.26. The van der Waals surface area contributed by atoms with Crippen molar-refractivity contribution in [3.8, 4) is 0 Å². The number of carbonyl (C=O) groups is 1. The molecule has 2 N–H and O–H groups in total. The third-order valence-electron chi connectivity index (χ3n) is 3.41. The minimum atomic E-state index is -0.263. The highest BCUT2D eigenvalue weighted by Gasteiger charge is 2.14. The van der Waals surface area contributed by atoms with Gasteiger partial charge in [-0.1, -0.05) is 18.2 Å². The molecule has 0 aliphatic heterocycles. The second-order valence-corrected chi connectivity index (χ2v) is 4.83. The van der Waals surface area contributed by atoms with Crippen LogP contribution in [0, 0.1) is 0 Å². The topological polar surface area (TPSA) is 83.6 Å². The first-order chi connectivity index (χ1) is 10.8. The van der Waals surface area contributed by atoms with E-state index >= 15 is 0 Å². The van der Waals surface area contributed by atoms with Crippen molar-refractivity contribution in [2.24, 2.45) is 0 Å². The number of benzene rings is 2. The Morgan fingerprint density at radius 3 is 2.73 bits per heavy atom. The van der Waals surface area contributed by atoms with Gasteiger partial charge in [0.05, 0.1) is 16.6 Å². The van der Waals surface area contributed by atoms with Crippen LogP contribution in [-0.2, 0) is 0 Å². The number of fused-ring (bicyclic) bond motifs is 2. The molecule has 1 amide bonds. The van der Waals surface area contributed by atoms with Gasteiger partial charge < -0.3 is 5.32 Å². The molecule has 22 heavy (non-hydrogen) atoms. The minimum Gasteiger partial charge on any atom is -0.320 e. The summed E-state index contributed by atoms with van der Waals surface area (Å²) in [7, 11) is 0. The number of aromatic nitrogens is 4. The zero-order chi connectivity index (χ0) is 14.9. The Labute approximate surface area is 125 Å². The van der Waals surface area contributed by atoms with Gasteiger partial charge in [-0.3, -0.25) is 19.9 Å². The summed E-state index contributed by atoms with van der Waals surface area (Å²) in [5.41, 5.74) is 3.37. The number of aromatic amines is 1. The lowest BCUT2D eigenvalue weighted by atomic mass is 10.2. The highest BCUT2D eigenvalue weighted by Crippen LogP contribution is 2.19. The lowest BCUT2D eigenvalue weighted by Gasteiger charge is -2.04. The maximum atomic E-state index is 12.4. The highest BCUT2D eigenvalue weighted by atomic mass is 16.1. The Morgan fingerprint density at radius 2 is 1.82 bits per heavy atom. The molecule has 106 valence electrons. The van der Waals surface area contributed by atoms with Gasteiger partial charge in [0.15, 0.2) is 5.69 Å². The van der Waals surface area contributed by atoms with E-state index in [9.17, 15) is 4.79 Å². The van der Waals surface area contributed by atoms with Crippen LogP contribution in [0.15, 0.2) is 54.9 Å². The molecule has 4 rings (SSSR count). The summed E-state index contributed by atoms with van der Waals surface area (Å²) < 4.78 is 0. The van der Waals surface area contributed by atoms with Crippen molar-refractivity contribution in [1.29, 1.82) is 0 Å². The predicted octanol–water partition coefficient (Wildman–Crippen LogP) is 2.76. The molecular formula is C16H11N5O. The first-order valence-corrected chi connectivity index (χ1v) is 6.76. The lowest BCUT2D eigenvalue weighted by Crippen LogP contribution is -2.12. The smallest absolute Gasteiger partial charge is 0.276 e. The van der Waals surface area contributed by atoms with Gasteiger partial charge in [-0.25, -0.2) is 0 Å². The Morgan fingerprint density at radius 1 is 1.00 bits per heavy atom. The van der Waals surface area contributed by atoms with E-state index in [1.165, 1.54) is 0 Å². The van der Waals surface area contributed by atoms with Gasteiger partial charge in [0, 0.05) is 23.5 Å². The van der Waals surface area contributed by atoms with E-state index in [2.05, 4.69) is 25.5 Å². The minimum absolute atomic E-state index is 0.263. The molecule has 0 saturated heterocycles. The molecule has 0 bridgehead atoms. The third-order valence-corrected chi connectivity index (χ3v) is 3.41. The molecule has 0 atom stereocenters. The van der Waals surface area contributed by atoms with E-state index in [0.717, 1.165) is 21.9 Å². The number of nitrogens with one attached hydrogen (secondary N) is 2. The molecule has 0 aliphatic carbocycles. The fourth-order valence-electron chi connectivity index (χ4n) is 2.37. The van der Waals surface area contributed by atoms with Crippen LogP contribution in [0.5, 0.6) is 0 Å². The fraction of sp³-hybridized carbons (Fsp3) is 0. The normalized spacial score (nSPS) is 10.9. The summed E-state index contributed by atoms with van der Waals surface area (Å²) in [5, 5.41) is 10.6. The fourth-order valence-corrected chi connectivity index (χ4v) is 2.37. The summed E-state index contributed by atoms with van der Waals surface area (Å²) >= 11 is 0. The molecule has 6 heteroatoms. The summed E-state index contributed by atoms with van der Waals surface area (Å²) in [6, 6.07) is 12.9. The molecule has 2 aromatic carbocycles. The standard InChI is InChI=1S/C16H11N5O/c22-16(15-11-3-1-2-4-12(11)20-21-15)19-10-5-6-13-14(9-10)18-8-7-17-13/h1-9H,(H,19,22)(H,20,21). The molecule has 4 aromatic rings. The monoisotopic (exact) mass is 289 g/mol. The van der Waals surface area contributed by atoms with Crippen molar-refractivity contribution in [3.05, 3.63) is 60.6 Å².